The molecule has 0 heterocycles. The van der Waals surface area contributed by atoms with E-state index in [-0.39, 0.29) is 6.54 Å². The van der Waals surface area contributed by atoms with Crippen molar-refractivity contribution in [3.05, 3.63) is 12.8 Å². The van der Waals surface area contributed by atoms with Crippen molar-refractivity contribution in [2.45, 2.75) is 0 Å². The molecule has 0 rings (SSSR count). The van der Waals surface area contributed by atoms with Gasteiger partial charge >= 0.3 is 0 Å². The van der Waals surface area contributed by atoms with Crippen LogP contribution in [0, 0.1) is 11.3 Å². The van der Waals surface area contributed by atoms with Crippen LogP contribution in [0.15, 0.2) is 17.9 Å². The lowest BCUT2D eigenvalue weighted by Crippen LogP contribution is -2.07. The van der Waals surface area contributed by atoms with Crippen molar-refractivity contribution in [1.29, 1.82) is 5.26 Å². The maximum Gasteiger partial charge on any atom is 0.128 e. The van der Waals surface area contributed by atoms with Crippen LogP contribution in [0.5, 0.6) is 0 Å². The van der Waals surface area contributed by atoms with E-state index in [1.165, 1.54) is 11.2 Å². The maximum atomic E-state index is 8.07. The Labute approximate surface area is 48.5 Å². The molecule has 0 spiro atoms. The minimum absolute atomic E-state index is 0.215. The van der Waals surface area contributed by atoms with E-state index in [2.05, 4.69) is 18.4 Å². The van der Waals surface area contributed by atoms with Crippen LogP contribution in [0.2, 0.25) is 0 Å². The van der Waals surface area contributed by atoms with Crippen molar-refractivity contribution in [3.8, 4) is 6.07 Å². The first-order chi connectivity index (χ1) is 3.85. The number of nitrogens with zero attached hydrogens (tertiary/aromatic N) is 3. The van der Waals surface area contributed by atoms with E-state index in [9.17, 15) is 0 Å². The van der Waals surface area contributed by atoms with Crippen LogP contribution in [0.1, 0.15) is 0 Å². The Kier molecular flexibility index (Phi) is 3.25. The second kappa shape index (κ2) is 3.88. The Hall–Kier alpha value is -1.30. The molecule has 0 aromatic carbocycles. The zero-order valence-electron chi connectivity index (χ0n) is 4.54. The molecule has 0 saturated heterocycles. The molecular formula is C5H7N3. The average Bonchev–Trinajstić information content (AvgIpc) is 1.83. The van der Waals surface area contributed by atoms with Gasteiger partial charge in [0.25, 0.3) is 0 Å². The molecule has 0 radical (unpaired) electrons. The minimum atomic E-state index is 0.215. The normalized spacial score (nSPS) is 6.88. The van der Waals surface area contributed by atoms with Crippen molar-refractivity contribution >= 4 is 6.72 Å². The van der Waals surface area contributed by atoms with Crippen LogP contribution < -0.4 is 0 Å². The topological polar surface area (TPSA) is 39.4 Å². The molecule has 42 valence electrons. The third-order valence-corrected chi connectivity index (χ3v) is 0.625. The third kappa shape index (κ3) is 1.98. The summed E-state index contributed by atoms with van der Waals surface area (Å²) in [6, 6.07) is 1.89. The smallest absolute Gasteiger partial charge is 0.128 e. The van der Waals surface area contributed by atoms with Gasteiger partial charge in [0.05, 0.1) is 6.07 Å². The Morgan fingerprint density at radius 2 is 2.50 bits per heavy atom. The predicted octanol–water partition coefficient (Wildman–Crippen LogP) is 0.571. The number of rotatable bonds is 3. The van der Waals surface area contributed by atoms with Gasteiger partial charge in [-0.3, -0.25) is 5.01 Å². The van der Waals surface area contributed by atoms with Gasteiger partial charge in [-0.25, -0.2) is 0 Å². The van der Waals surface area contributed by atoms with E-state index in [1.54, 1.807) is 0 Å². The SMILES string of the molecule is C=CN(CC#N)N=C. The van der Waals surface area contributed by atoms with E-state index < -0.39 is 0 Å². The monoisotopic (exact) mass is 109 g/mol. The summed E-state index contributed by atoms with van der Waals surface area (Å²) in [5.74, 6) is 0. The maximum absolute atomic E-state index is 8.07. The lowest BCUT2D eigenvalue weighted by molar-refractivity contribution is 0.454. The van der Waals surface area contributed by atoms with Crippen LogP contribution in [0.25, 0.3) is 0 Å². The fourth-order valence-electron chi connectivity index (χ4n) is 0.245. The zero-order chi connectivity index (χ0) is 6.41. The molecule has 3 heteroatoms. The summed E-state index contributed by atoms with van der Waals surface area (Å²) in [5.41, 5.74) is 0. The highest BCUT2D eigenvalue weighted by molar-refractivity contribution is 5.22. The third-order valence-electron chi connectivity index (χ3n) is 0.625. The molecule has 0 amide bonds. The number of hydrogen-bond donors (Lipinski definition) is 0. The first kappa shape index (κ1) is 6.70. The second-order valence-electron chi connectivity index (χ2n) is 1.08. The van der Waals surface area contributed by atoms with Gasteiger partial charge in [-0.1, -0.05) is 6.58 Å². The minimum Gasteiger partial charge on any atom is -0.260 e. The molecule has 0 aliphatic carbocycles. The summed E-state index contributed by atoms with van der Waals surface area (Å²) in [4.78, 5) is 0. The van der Waals surface area contributed by atoms with E-state index in [4.69, 9.17) is 5.26 Å². The molecule has 0 N–H and O–H groups in total. The van der Waals surface area contributed by atoms with Crippen molar-refractivity contribution in [2.75, 3.05) is 6.54 Å². The first-order valence-electron chi connectivity index (χ1n) is 2.08. The number of nitriles is 1. The van der Waals surface area contributed by atoms with Crippen LogP contribution in [0.4, 0.5) is 0 Å². The van der Waals surface area contributed by atoms with Gasteiger partial charge in [0, 0.05) is 12.9 Å². The molecule has 8 heavy (non-hydrogen) atoms. The molecule has 0 aliphatic rings. The summed E-state index contributed by atoms with van der Waals surface area (Å²) in [5, 5.41) is 12.9. The molecule has 0 atom stereocenters. The summed E-state index contributed by atoms with van der Waals surface area (Å²) >= 11 is 0. The molecular weight excluding hydrogens is 102 g/mol. The Bertz CT molecular complexity index is 114. The highest BCUT2D eigenvalue weighted by atomic mass is 15.4. The molecule has 0 aromatic rings. The lowest BCUT2D eigenvalue weighted by atomic mass is 10.7. The van der Waals surface area contributed by atoms with E-state index in [1.807, 2.05) is 6.07 Å². The van der Waals surface area contributed by atoms with Crippen LogP contribution in [-0.2, 0) is 0 Å². The van der Waals surface area contributed by atoms with E-state index >= 15 is 0 Å². The molecule has 0 unspecified atom stereocenters. The van der Waals surface area contributed by atoms with Gasteiger partial charge in [-0.05, 0) is 0 Å². The summed E-state index contributed by atoms with van der Waals surface area (Å²) < 4.78 is 0. The summed E-state index contributed by atoms with van der Waals surface area (Å²) in [6.45, 7) is 6.81. The quantitative estimate of drug-likeness (QED) is 0.302. The lowest BCUT2D eigenvalue weighted by Gasteiger charge is -2.04. The van der Waals surface area contributed by atoms with Gasteiger partial charge < -0.3 is 0 Å². The van der Waals surface area contributed by atoms with Crippen LogP contribution in [0.3, 0.4) is 0 Å². The van der Waals surface area contributed by atoms with Gasteiger partial charge in [0.2, 0.25) is 0 Å². The van der Waals surface area contributed by atoms with Crippen molar-refractivity contribution in [3.63, 3.8) is 0 Å². The summed E-state index contributed by atoms with van der Waals surface area (Å²) in [6.07, 6.45) is 1.44. The molecule has 0 saturated carbocycles. The van der Waals surface area contributed by atoms with Crippen molar-refractivity contribution in [1.82, 2.24) is 5.01 Å². The Morgan fingerprint density at radius 3 is 2.62 bits per heavy atom. The number of hydrogen-bond acceptors (Lipinski definition) is 3. The predicted molar refractivity (Wildman–Crippen MR) is 32.1 cm³/mol. The second-order valence-corrected chi connectivity index (χ2v) is 1.08. The fourth-order valence-corrected chi connectivity index (χ4v) is 0.245. The standard InChI is InChI=1S/C5H7N3/c1-3-8(7-2)5-4-6/h3H,1-2,5H2. The van der Waals surface area contributed by atoms with Crippen LogP contribution >= 0.6 is 0 Å². The Morgan fingerprint density at radius 1 is 1.88 bits per heavy atom. The molecule has 0 fully saturated rings. The molecule has 0 aliphatic heterocycles. The molecule has 0 bridgehead atoms. The largest absolute Gasteiger partial charge is 0.260 e. The van der Waals surface area contributed by atoms with Gasteiger partial charge in [0.15, 0.2) is 0 Å². The Balaban J connectivity index is 3.56. The summed E-state index contributed by atoms with van der Waals surface area (Å²) in [7, 11) is 0. The fraction of sp³-hybridized carbons (Fsp3) is 0.200. The van der Waals surface area contributed by atoms with Gasteiger partial charge in [0.1, 0.15) is 6.54 Å². The van der Waals surface area contributed by atoms with Crippen LogP contribution in [-0.4, -0.2) is 18.3 Å². The zero-order valence-corrected chi connectivity index (χ0v) is 4.54. The van der Waals surface area contributed by atoms with Crippen molar-refractivity contribution in [2.24, 2.45) is 5.10 Å². The van der Waals surface area contributed by atoms with Gasteiger partial charge in [-0.15, -0.1) is 0 Å². The highest BCUT2D eigenvalue weighted by Gasteiger charge is 1.85. The first-order valence-corrected chi connectivity index (χ1v) is 2.08. The molecule has 3 nitrogen and oxygen atoms in total. The van der Waals surface area contributed by atoms with Gasteiger partial charge in [-0.2, -0.15) is 10.4 Å². The highest BCUT2D eigenvalue weighted by Crippen LogP contribution is 1.83. The van der Waals surface area contributed by atoms with E-state index in [0.717, 1.165) is 0 Å². The van der Waals surface area contributed by atoms with E-state index in [0.29, 0.717) is 0 Å². The number of hydrazone groups is 1. The van der Waals surface area contributed by atoms with Crippen molar-refractivity contribution < 1.29 is 0 Å². The average molecular weight is 109 g/mol. The molecule has 0 aromatic heterocycles.